The summed E-state index contributed by atoms with van der Waals surface area (Å²) in [7, 11) is -3.53. The molecule has 0 bridgehead atoms. The molecule has 0 saturated heterocycles. The second-order valence-electron chi connectivity index (χ2n) is 8.14. The molecule has 33 heavy (non-hydrogen) atoms. The molecule has 7 heteroatoms. The van der Waals surface area contributed by atoms with Crippen LogP contribution in [0.15, 0.2) is 69.9 Å². The molecule has 0 aliphatic heterocycles. The van der Waals surface area contributed by atoms with Crippen molar-refractivity contribution in [2.45, 2.75) is 64.3 Å². The third-order valence-corrected chi connectivity index (χ3v) is 8.24. The van der Waals surface area contributed by atoms with Crippen molar-refractivity contribution < 1.29 is 8.42 Å². The van der Waals surface area contributed by atoms with Crippen LogP contribution in [0.2, 0.25) is 0 Å². The smallest absolute Gasteiger partial charge is 0.243 e. The van der Waals surface area contributed by atoms with E-state index >= 15 is 0 Å². The van der Waals surface area contributed by atoms with Gasteiger partial charge >= 0.3 is 0 Å². The van der Waals surface area contributed by atoms with Crippen LogP contribution in [0.3, 0.4) is 0 Å². The van der Waals surface area contributed by atoms with Crippen molar-refractivity contribution in [2.75, 3.05) is 13.1 Å². The van der Waals surface area contributed by atoms with Crippen LogP contribution in [-0.2, 0) is 16.6 Å². The predicted molar refractivity (Wildman–Crippen MR) is 138 cm³/mol. The van der Waals surface area contributed by atoms with Gasteiger partial charge in [-0.25, -0.2) is 13.4 Å². The van der Waals surface area contributed by atoms with Crippen molar-refractivity contribution in [3.8, 4) is 11.3 Å². The molecule has 0 fully saturated rings. The summed E-state index contributed by atoms with van der Waals surface area (Å²) in [6.07, 6.45) is 4.94. The van der Waals surface area contributed by atoms with Gasteiger partial charge in [0.1, 0.15) is 0 Å². The Morgan fingerprint density at radius 2 is 1.64 bits per heavy atom. The van der Waals surface area contributed by atoms with Crippen molar-refractivity contribution in [1.29, 1.82) is 0 Å². The molecular formula is C26H35N3O2S2. The second kappa shape index (κ2) is 12.3. The first-order valence-electron chi connectivity index (χ1n) is 11.9. The molecule has 0 saturated carbocycles. The first-order valence-corrected chi connectivity index (χ1v) is 14.2. The SMILES string of the molecule is CCCCCn1c(-c2cccc(S(=O)(=O)N(CCC)CCC)c2)csc1=Nc1ccccc1. The van der Waals surface area contributed by atoms with Gasteiger partial charge in [0.15, 0.2) is 4.80 Å². The molecule has 0 atom stereocenters. The molecular weight excluding hydrogens is 450 g/mol. The molecule has 1 heterocycles. The largest absolute Gasteiger partial charge is 0.316 e. The van der Waals surface area contributed by atoms with Crippen molar-refractivity contribution in [3.05, 3.63) is 64.8 Å². The van der Waals surface area contributed by atoms with Crippen LogP contribution in [0.4, 0.5) is 5.69 Å². The number of hydrogen-bond acceptors (Lipinski definition) is 4. The normalized spacial score (nSPS) is 12.5. The van der Waals surface area contributed by atoms with E-state index < -0.39 is 10.0 Å². The Bertz CT molecular complexity index is 1180. The van der Waals surface area contributed by atoms with Crippen LogP contribution in [0, 0.1) is 0 Å². The summed E-state index contributed by atoms with van der Waals surface area (Å²) in [5.74, 6) is 0. The van der Waals surface area contributed by atoms with Gasteiger partial charge in [-0.05, 0) is 43.5 Å². The molecule has 0 N–H and O–H groups in total. The van der Waals surface area contributed by atoms with E-state index in [1.807, 2.05) is 62.4 Å². The monoisotopic (exact) mass is 485 g/mol. The van der Waals surface area contributed by atoms with E-state index in [9.17, 15) is 8.42 Å². The summed E-state index contributed by atoms with van der Waals surface area (Å²) < 4.78 is 30.5. The maximum atomic E-state index is 13.3. The van der Waals surface area contributed by atoms with E-state index in [2.05, 4.69) is 16.9 Å². The molecule has 3 rings (SSSR count). The summed E-state index contributed by atoms with van der Waals surface area (Å²) in [4.78, 5) is 6.16. The fourth-order valence-electron chi connectivity index (χ4n) is 3.81. The average molecular weight is 486 g/mol. The van der Waals surface area contributed by atoms with Gasteiger partial charge in [0.25, 0.3) is 0 Å². The number of sulfonamides is 1. The van der Waals surface area contributed by atoms with Crippen LogP contribution in [-0.4, -0.2) is 30.4 Å². The van der Waals surface area contributed by atoms with Gasteiger partial charge in [-0.3, -0.25) is 0 Å². The van der Waals surface area contributed by atoms with E-state index in [0.717, 1.165) is 60.4 Å². The summed E-state index contributed by atoms with van der Waals surface area (Å²) in [5, 5.41) is 2.09. The van der Waals surface area contributed by atoms with Gasteiger partial charge in [0.2, 0.25) is 10.0 Å². The van der Waals surface area contributed by atoms with Crippen LogP contribution in [0.5, 0.6) is 0 Å². The maximum absolute atomic E-state index is 13.3. The topological polar surface area (TPSA) is 54.7 Å². The Labute approximate surface area is 202 Å². The Morgan fingerprint density at radius 3 is 2.30 bits per heavy atom. The quantitative estimate of drug-likeness (QED) is 0.277. The highest BCUT2D eigenvalue weighted by atomic mass is 32.2. The second-order valence-corrected chi connectivity index (χ2v) is 10.9. The highest BCUT2D eigenvalue weighted by Crippen LogP contribution is 2.26. The first-order chi connectivity index (χ1) is 16.0. The van der Waals surface area contributed by atoms with E-state index in [4.69, 9.17) is 4.99 Å². The van der Waals surface area contributed by atoms with Crippen molar-refractivity contribution in [2.24, 2.45) is 4.99 Å². The van der Waals surface area contributed by atoms with Crippen molar-refractivity contribution >= 4 is 27.0 Å². The minimum absolute atomic E-state index is 0.356. The van der Waals surface area contributed by atoms with Gasteiger partial charge in [-0.1, -0.05) is 63.9 Å². The van der Waals surface area contributed by atoms with Gasteiger partial charge in [-0.15, -0.1) is 11.3 Å². The Morgan fingerprint density at radius 1 is 0.909 bits per heavy atom. The lowest BCUT2D eigenvalue weighted by atomic mass is 10.1. The number of nitrogens with zero attached hydrogens (tertiary/aromatic N) is 3. The Kier molecular flexibility index (Phi) is 9.47. The molecule has 0 amide bonds. The number of thiazole rings is 1. The van der Waals surface area contributed by atoms with Crippen LogP contribution in [0.1, 0.15) is 52.9 Å². The zero-order chi connectivity index (χ0) is 23.7. The molecule has 0 aliphatic carbocycles. The molecule has 5 nitrogen and oxygen atoms in total. The van der Waals surface area contributed by atoms with Crippen molar-refractivity contribution in [3.63, 3.8) is 0 Å². The van der Waals surface area contributed by atoms with E-state index in [-0.39, 0.29) is 0 Å². The predicted octanol–water partition coefficient (Wildman–Crippen LogP) is 6.45. The Balaban J connectivity index is 2.05. The molecule has 0 radical (unpaired) electrons. The lowest BCUT2D eigenvalue weighted by Gasteiger charge is -2.21. The zero-order valence-electron chi connectivity index (χ0n) is 19.9. The van der Waals surface area contributed by atoms with E-state index in [0.29, 0.717) is 18.0 Å². The Hall–Kier alpha value is -2.22. The van der Waals surface area contributed by atoms with Gasteiger partial charge in [-0.2, -0.15) is 4.31 Å². The molecule has 0 spiro atoms. The van der Waals surface area contributed by atoms with Gasteiger partial charge < -0.3 is 4.57 Å². The number of hydrogen-bond donors (Lipinski definition) is 0. The third-order valence-electron chi connectivity index (χ3n) is 5.48. The summed E-state index contributed by atoms with van der Waals surface area (Å²) in [6, 6.07) is 17.3. The number of benzene rings is 2. The number of para-hydroxylation sites is 1. The van der Waals surface area contributed by atoms with Crippen molar-refractivity contribution in [1.82, 2.24) is 8.87 Å². The highest BCUT2D eigenvalue weighted by Gasteiger charge is 2.23. The zero-order valence-corrected chi connectivity index (χ0v) is 21.5. The van der Waals surface area contributed by atoms with Gasteiger partial charge in [0, 0.05) is 30.6 Å². The number of rotatable bonds is 12. The summed E-state index contributed by atoms with van der Waals surface area (Å²) in [5.41, 5.74) is 2.84. The lowest BCUT2D eigenvalue weighted by molar-refractivity contribution is 0.410. The first kappa shape index (κ1) is 25.4. The fraction of sp³-hybridized carbons (Fsp3) is 0.423. The minimum atomic E-state index is -3.53. The molecule has 3 aromatic rings. The minimum Gasteiger partial charge on any atom is -0.316 e. The summed E-state index contributed by atoms with van der Waals surface area (Å²) in [6.45, 7) is 8.15. The van der Waals surface area contributed by atoms with Gasteiger partial charge in [0.05, 0.1) is 16.3 Å². The molecule has 1 aromatic heterocycles. The maximum Gasteiger partial charge on any atom is 0.243 e. The van der Waals surface area contributed by atoms with Crippen LogP contribution in [0.25, 0.3) is 11.3 Å². The number of aromatic nitrogens is 1. The van der Waals surface area contributed by atoms with Crippen LogP contribution >= 0.6 is 11.3 Å². The fourth-order valence-corrected chi connectivity index (χ4v) is 6.44. The third kappa shape index (κ3) is 6.43. The average Bonchev–Trinajstić information content (AvgIpc) is 3.22. The van der Waals surface area contributed by atoms with Crippen LogP contribution < -0.4 is 4.80 Å². The number of unbranched alkanes of at least 4 members (excludes halogenated alkanes) is 2. The van der Waals surface area contributed by atoms with E-state index in [1.54, 1.807) is 21.7 Å². The highest BCUT2D eigenvalue weighted by molar-refractivity contribution is 7.89. The molecule has 0 unspecified atom stereocenters. The molecule has 2 aromatic carbocycles. The molecule has 178 valence electrons. The standard InChI is InChI=1S/C26H35N3O2S2/c1-4-7-11-19-29-25(21-32-26(29)27-23-14-9-8-10-15-23)22-13-12-16-24(20-22)33(30,31)28(17-5-2)18-6-3/h8-10,12-16,20-21H,4-7,11,17-19H2,1-3H3. The van der Waals surface area contributed by atoms with E-state index in [1.165, 1.54) is 0 Å². The molecule has 0 aliphatic rings. The lowest BCUT2D eigenvalue weighted by Crippen LogP contribution is -2.32. The summed E-state index contributed by atoms with van der Waals surface area (Å²) >= 11 is 1.60.